The molecule has 22 heavy (non-hydrogen) atoms. The average molecular weight is 298 g/mol. The molecule has 0 aliphatic carbocycles. The first-order valence-corrected chi connectivity index (χ1v) is 7.36. The summed E-state index contributed by atoms with van der Waals surface area (Å²) in [7, 11) is 1.64. The van der Waals surface area contributed by atoms with Crippen LogP contribution in [0.15, 0.2) is 42.5 Å². The van der Waals surface area contributed by atoms with Crippen molar-refractivity contribution in [3.8, 4) is 5.75 Å². The molecule has 0 aliphatic heterocycles. The number of ether oxygens (including phenoxy) is 1. The number of nitrogens with one attached hydrogen (secondary N) is 1. The Morgan fingerprint density at radius 3 is 2.50 bits per heavy atom. The number of carbonyl (C=O) groups is 1. The molecule has 4 nitrogen and oxygen atoms in total. The summed E-state index contributed by atoms with van der Waals surface area (Å²) in [4.78, 5) is 12.5. The molecule has 1 amide bonds. The zero-order valence-electron chi connectivity index (χ0n) is 13.2. The van der Waals surface area contributed by atoms with Crippen LogP contribution in [0.1, 0.15) is 40.9 Å². The molecule has 0 aromatic heterocycles. The molecule has 0 aliphatic rings. The van der Waals surface area contributed by atoms with Crippen LogP contribution >= 0.6 is 0 Å². The van der Waals surface area contributed by atoms with Crippen LogP contribution in [-0.2, 0) is 0 Å². The lowest BCUT2D eigenvalue weighted by molar-refractivity contribution is 0.0935. The molecule has 0 bridgehead atoms. The number of hydrogen-bond donors (Lipinski definition) is 2. The Hall–Kier alpha value is -2.49. The van der Waals surface area contributed by atoms with Gasteiger partial charge in [-0.25, -0.2) is 0 Å². The van der Waals surface area contributed by atoms with Crippen molar-refractivity contribution in [2.24, 2.45) is 0 Å². The molecular formula is C18H22N2O2. The number of nitrogens with two attached hydrogens (primary N) is 1. The molecule has 0 fully saturated rings. The zero-order valence-corrected chi connectivity index (χ0v) is 13.2. The highest BCUT2D eigenvalue weighted by Crippen LogP contribution is 2.21. The lowest BCUT2D eigenvalue weighted by Gasteiger charge is -2.18. The Bertz CT molecular complexity index is 651. The monoisotopic (exact) mass is 298 g/mol. The van der Waals surface area contributed by atoms with Crippen molar-refractivity contribution in [1.29, 1.82) is 0 Å². The van der Waals surface area contributed by atoms with Crippen molar-refractivity contribution in [3.05, 3.63) is 59.2 Å². The van der Waals surface area contributed by atoms with Gasteiger partial charge in [-0.05, 0) is 48.7 Å². The van der Waals surface area contributed by atoms with E-state index in [1.54, 1.807) is 19.2 Å². The number of carbonyl (C=O) groups excluding carboxylic acids is 1. The van der Waals surface area contributed by atoms with E-state index in [0.29, 0.717) is 11.3 Å². The standard InChI is InChI=1S/C18H22N2O2/c1-4-17(13-6-9-15(22-3)10-7-13)20-18(21)16-11-14(19)8-5-12(16)2/h5-11,17H,4,19H2,1-3H3,(H,20,21). The van der Waals surface area contributed by atoms with Crippen molar-refractivity contribution in [2.45, 2.75) is 26.3 Å². The first-order valence-electron chi connectivity index (χ1n) is 7.36. The van der Waals surface area contributed by atoms with Gasteiger partial charge in [0.05, 0.1) is 13.2 Å². The summed E-state index contributed by atoms with van der Waals surface area (Å²) in [6.07, 6.45) is 0.805. The second-order valence-corrected chi connectivity index (χ2v) is 5.28. The minimum atomic E-state index is -0.104. The fourth-order valence-corrected chi connectivity index (χ4v) is 2.38. The maximum atomic E-state index is 12.5. The number of benzene rings is 2. The Morgan fingerprint density at radius 2 is 1.91 bits per heavy atom. The molecule has 2 aromatic rings. The first-order chi connectivity index (χ1) is 10.5. The maximum absolute atomic E-state index is 12.5. The molecule has 2 aromatic carbocycles. The summed E-state index contributed by atoms with van der Waals surface area (Å²) in [5.74, 6) is 0.698. The van der Waals surface area contributed by atoms with Gasteiger partial charge in [-0.2, -0.15) is 0 Å². The molecule has 1 atom stereocenters. The summed E-state index contributed by atoms with van der Waals surface area (Å²) in [6, 6.07) is 13.1. The van der Waals surface area contributed by atoms with Gasteiger partial charge in [0.25, 0.3) is 5.91 Å². The SMILES string of the molecule is CCC(NC(=O)c1cc(N)ccc1C)c1ccc(OC)cc1. The average Bonchev–Trinajstić information content (AvgIpc) is 2.54. The molecular weight excluding hydrogens is 276 g/mol. The number of anilines is 1. The van der Waals surface area contributed by atoms with Crippen LogP contribution in [0, 0.1) is 6.92 Å². The topological polar surface area (TPSA) is 64.4 Å². The molecule has 3 N–H and O–H groups in total. The summed E-state index contributed by atoms with van der Waals surface area (Å²) < 4.78 is 5.16. The maximum Gasteiger partial charge on any atom is 0.252 e. The van der Waals surface area contributed by atoms with Crippen molar-refractivity contribution in [1.82, 2.24) is 5.32 Å². The fourth-order valence-electron chi connectivity index (χ4n) is 2.38. The van der Waals surface area contributed by atoms with E-state index in [9.17, 15) is 4.79 Å². The molecule has 0 saturated heterocycles. The normalized spacial score (nSPS) is 11.8. The molecule has 4 heteroatoms. The molecule has 0 radical (unpaired) electrons. The van der Waals surface area contributed by atoms with Crippen LogP contribution in [0.2, 0.25) is 0 Å². The van der Waals surface area contributed by atoms with E-state index in [4.69, 9.17) is 10.5 Å². The number of aryl methyl sites for hydroxylation is 1. The van der Waals surface area contributed by atoms with E-state index in [1.165, 1.54) is 0 Å². The molecule has 0 saturated carbocycles. The first kappa shape index (κ1) is 15.9. The van der Waals surface area contributed by atoms with Gasteiger partial charge < -0.3 is 15.8 Å². The van der Waals surface area contributed by atoms with Gasteiger partial charge in [-0.15, -0.1) is 0 Å². The second-order valence-electron chi connectivity index (χ2n) is 5.28. The fraction of sp³-hybridized carbons (Fsp3) is 0.278. The van der Waals surface area contributed by atoms with Gasteiger partial charge in [0.2, 0.25) is 0 Å². The van der Waals surface area contributed by atoms with Crippen LogP contribution in [0.25, 0.3) is 0 Å². The highest BCUT2D eigenvalue weighted by molar-refractivity contribution is 5.96. The van der Waals surface area contributed by atoms with E-state index in [2.05, 4.69) is 5.32 Å². The Morgan fingerprint density at radius 1 is 1.23 bits per heavy atom. The predicted molar refractivity (Wildman–Crippen MR) is 89.1 cm³/mol. The van der Waals surface area contributed by atoms with Gasteiger partial charge in [0.15, 0.2) is 0 Å². The molecule has 2 rings (SSSR count). The highest BCUT2D eigenvalue weighted by Gasteiger charge is 2.16. The summed E-state index contributed by atoms with van der Waals surface area (Å²) in [6.45, 7) is 3.95. The van der Waals surface area contributed by atoms with Gasteiger partial charge in [-0.3, -0.25) is 4.79 Å². The predicted octanol–water partition coefficient (Wildman–Crippen LogP) is 3.47. The van der Waals surface area contributed by atoms with Crippen LogP contribution in [0.3, 0.4) is 0 Å². The van der Waals surface area contributed by atoms with Gasteiger partial charge in [0, 0.05) is 11.3 Å². The Balaban J connectivity index is 2.18. The molecule has 1 unspecified atom stereocenters. The van der Waals surface area contributed by atoms with E-state index >= 15 is 0 Å². The molecule has 0 heterocycles. The van der Waals surface area contributed by atoms with Crippen molar-refractivity contribution in [2.75, 3.05) is 12.8 Å². The van der Waals surface area contributed by atoms with Crippen LogP contribution in [-0.4, -0.2) is 13.0 Å². The zero-order chi connectivity index (χ0) is 16.1. The largest absolute Gasteiger partial charge is 0.497 e. The van der Waals surface area contributed by atoms with Crippen LogP contribution in [0.4, 0.5) is 5.69 Å². The Kier molecular flexibility index (Phi) is 5.04. The second kappa shape index (κ2) is 6.98. The number of methoxy groups -OCH3 is 1. The number of nitrogen functional groups attached to an aromatic ring is 1. The molecule has 0 spiro atoms. The Labute approximate surface area is 131 Å². The van der Waals surface area contributed by atoms with E-state index in [-0.39, 0.29) is 11.9 Å². The van der Waals surface area contributed by atoms with Crippen molar-refractivity contribution >= 4 is 11.6 Å². The summed E-state index contributed by atoms with van der Waals surface area (Å²) in [5, 5.41) is 3.07. The van der Waals surface area contributed by atoms with Gasteiger partial charge in [-0.1, -0.05) is 25.1 Å². The smallest absolute Gasteiger partial charge is 0.252 e. The quantitative estimate of drug-likeness (QED) is 0.831. The number of rotatable bonds is 5. The van der Waals surface area contributed by atoms with Crippen LogP contribution in [0.5, 0.6) is 5.75 Å². The highest BCUT2D eigenvalue weighted by atomic mass is 16.5. The number of hydrogen-bond acceptors (Lipinski definition) is 3. The lowest BCUT2D eigenvalue weighted by Crippen LogP contribution is -2.28. The van der Waals surface area contributed by atoms with Gasteiger partial charge >= 0.3 is 0 Å². The van der Waals surface area contributed by atoms with E-state index in [1.807, 2.05) is 44.2 Å². The third-order valence-electron chi connectivity index (χ3n) is 3.74. The third kappa shape index (κ3) is 3.58. The third-order valence-corrected chi connectivity index (χ3v) is 3.74. The van der Waals surface area contributed by atoms with Gasteiger partial charge in [0.1, 0.15) is 5.75 Å². The van der Waals surface area contributed by atoms with Crippen molar-refractivity contribution in [3.63, 3.8) is 0 Å². The summed E-state index contributed by atoms with van der Waals surface area (Å²) in [5.41, 5.74) is 8.95. The van der Waals surface area contributed by atoms with Crippen molar-refractivity contribution < 1.29 is 9.53 Å². The minimum absolute atomic E-state index is 0.0424. The number of amides is 1. The van der Waals surface area contributed by atoms with Crippen LogP contribution < -0.4 is 15.8 Å². The lowest BCUT2D eigenvalue weighted by atomic mass is 10.0. The van der Waals surface area contributed by atoms with E-state index in [0.717, 1.165) is 23.3 Å². The minimum Gasteiger partial charge on any atom is -0.497 e. The van der Waals surface area contributed by atoms with E-state index < -0.39 is 0 Å². The summed E-state index contributed by atoms with van der Waals surface area (Å²) >= 11 is 0. The molecule has 116 valence electrons.